The van der Waals surface area contributed by atoms with Crippen molar-refractivity contribution in [2.75, 3.05) is 17.7 Å². The van der Waals surface area contributed by atoms with E-state index in [2.05, 4.69) is 31.3 Å². The van der Waals surface area contributed by atoms with Crippen molar-refractivity contribution in [3.05, 3.63) is 58.3 Å². The minimum Gasteiger partial charge on any atom is -0.453 e. The number of methoxy groups -OCH3 is 1. The molecule has 0 atom stereocenters. The van der Waals surface area contributed by atoms with Gasteiger partial charge in [0.05, 0.1) is 7.11 Å². The van der Waals surface area contributed by atoms with Gasteiger partial charge in [-0.05, 0) is 42.5 Å². The number of hydrogen-bond acceptors (Lipinski definition) is 3. The van der Waals surface area contributed by atoms with E-state index < -0.39 is 6.09 Å². The summed E-state index contributed by atoms with van der Waals surface area (Å²) in [7, 11) is 1.30. The maximum absolute atomic E-state index is 13.6. The fraction of sp³-hybridized carbons (Fsp3) is 0.133. The van der Waals surface area contributed by atoms with E-state index in [9.17, 15) is 9.18 Å². The Balaban J connectivity index is 1.97. The van der Waals surface area contributed by atoms with Gasteiger partial charge in [0.2, 0.25) is 0 Å². The largest absolute Gasteiger partial charge is 0.453 e. The molecule has 0 spiro atoms. The SMILES string of the molecule is COC(=O)Nc1ccc(NCc2cc(Br)ccc2F)cc1. The summed E-state index contributed by atoms with van der Waals surface area (Å²) in [6.07, 6.45) is -0.521. The molecule has 4 nitrogen and oxygen atoms in total. The molecule has 0 fully saturated rings. The fourth-order valence-electron chi connectivity index (χ4n) is 1.72. The summed E-state index contributed by atoms with van der Waals surface area (Å²) in [5.41, 5.74) is 2.02. The maximum Gasteiger partial charge on any atom is 0.411 e. The van der Waals surface area contributed by atoms with Crippen molar-refractivity contribution in [2.45, 2.75) is 6.54 Å². The van der Waals surface area contributed by atoms with Crippen LogP contribution >= 0.6 is 15.9 Å². The van der Waals surface area contributed by atoms with Crippen LogP contribution in [-0.4, -0.2) is 13.2 Å². The summed E-state index contributed by atoms with van der Waals surface area (Å²) in [6.45, 7) is 0.370. The summed E-state index contributed by atoms with van der Waals surface area (Å²) >= 11 is 3.32. The Labute approximate surface area is 130 Å². The molecule has 1 amide bonds. The molecule has 0 aliphatic rings. The highest BCUT2D eigenvalue weighted by atomic mass is 79.9. The zero-order valence-electron chi connectivity index (χ0n) is 11.3. The first-order valence-electron chi connectivity index (χ1n) is 6.21. The van der Waals surface area contributed by atoms with Crippen LogP contribution in [0.5, 0.6) is 0 Å². The quantitative estimate of drug-likeness (QED) is 0.858. The molecule has 0 bridgehead atoms. The van der Waals surface area contributed by atoms with Crippen LogP contribution in [0.4, 0.5) is 20.6 Å². The third kappa shape index (κ3) is 4.46. The van der Waals surface area contributed by atoms with E-state index in [1.807, 2.05) is 0 Å². The first kappa shape index (κ1) is 15.3. The predicted molar refractivity (Wildman–Crippen MR) is 83.9 cm³/mol. The molecule has 2 N–H and O–H groups in total. The van der Waals surface area contributed by atoms with Crippen LogP contribution in [-0.2, 0) is 11.3 Å². The van der Waals surface area contributed by atoms with Gasteiger partial charge in [-0.3, -0.25) is 5.32 Å². The molecule has 0 aliphatic heterocycles. The molecule has 0 heterocycles. The monoisotopic (exact) mass is 352 g/mol. The number of ether oxygens (including phenoxy) is 1. The molecular formula is C15H14BrFN2O2. The minimum absolute atomic E-state index is 0.255. The van der Waals surface area contributed by atoms with Gasteiger partial charge in [-0.2, -0.15) is 0 Å². The fourth-order valence-corrected chi connectivity index (χ4v) is 2.12. The average Bonchev–Trinajstić information content (AvgIpc) is 2.49. The Morgan fingerprint density at radius 3 is 2.52 bits per heavy atom. The van der Waals surface area contributed by atoms with Crippen LogP contribution in [0.25, 0.3) is 0 Å². The van der Waals surface area contributed by atoms with Crippen molar-refractivity contribution in [3.8, 4) is 0 Å². The molecule has 0 aromatic heterocycles. The summed E-state index contributed by atoms with van der Waals surface area (Å²) < 4.78 is 18.9. The summed E-state index contributed by atoms with van der Waals surface area (Å²) in [6, 6.07) is 11.9. The second-order valence-corrected chi connectivity index (χ2v) is 5.20. The lowest BCUT2D eigenvalue weighted by Gasteiger charge is -2.09. The number of carbonyl (C=O) groups is 1. The standard InChI is InChI=1S/C15H14BrFN2O2/c1-21-15(20)19-13-5-3-12(4-6-13)18-9-10-8-11(16)2-7-14(10)17/h2-8,18H,9H2,1H3,(H,19,20). The highest BCUT2D eigenvalue weighted by molar-refractivity contribution is 9.10. The molecular weight excluding hydrogens is 339 g/mol. The zero-order valence-corrected chi connectivity index (χ0v) is 12.9. The van der Waals surface area contributed by atoms with Gasteiger partial charge in [0.1, 0.15) is 5.82 Å². The summed E-state index contributed by atoms with van der Waals surface area (Å²) in [4.78, 5) is 11.1. The Kier molecular flexibility index (Phi) is 5.16. The summed E-state index contributed by atoms with van der Waals surface area (Å²) in [5.74, 6) is -0.255. The molecule has 0 saturated heterocycles. The highest BCUT2D eigenvalue weighted by Gasteiger charge is 2.03. The van der Waals surface area contributed by atoms with E-state index in [4.69, 9.17) is 0 Å². The molecule has 21 heavy (non-hydrogen) atoms. The van der Waals surface area contributed by atoms with Crippen molar-refractivity contribution in [3.63, 3.8) is 0 Å². The minimum atomic E-state index is -0.521. The lowest BCUT2D eigenvalue weighted by molar-refractivity contribution is 0.187. The lowest BCUT2D eigenvalue weighted by atomic mass is 10.2. The topological polar surface area (TPSA) is 50.4 Å². The number of anilines is 2. The van der Waals surface area contributed by atoms with E-state index in [1.54, 1.807) is 36.4 Å². The van der Waals surface area contributed by atoms with Crippen molar-refractivity contribution in [1.82, 2.24) is 0 Å². The Morgan fingerprint density at radius 2 is 1.86 bits per heavy atom. The third-order valence-electron chi connectivity index (χ3n) is 2.81. The Bertz CT molecular complexity index is 632. The van der Waals surface area contributed by atoms with Crippen molar-refractivity contribution >= 4 is 33.4 Å². The number of amides is 1. The van der Waals surface area contributed by atoms with Gasteiger partial charge in [0, 0.05) is 28.0 Å². The number of halogens is 2. The predicted octanol–water partition coefficient (Wildman–Crippen LogP) is 4.38. The van der Waals surface area contributed by atoms with Gasteiger partial charge < -0.3 is 10.1 Å². The molecule has 110 valence electrons. The van der Waals surface area contributed by atoms with E-state index in [-0.39, 0.29) is 5.82 Å². The maximum atomic E-state index is 13.6. The van der Waals surface area contributed by atoms with Crippen LogP contribution in [0.1, 0.15) is 5.56 Å². The molecule has 2 rings (SSSR count). The normalized spacial score (nSPS) is 10.0. The van der Waals surface area contributed by atoms with E-state index in [1.165, 1.54) is 13.2 Å². The second kappa shape index (κ2) is 7.08. The van der Waals surface area contributed by atoms with Gasteiger partial charge in [-0.1, -0.05) is 15.9 Å². The van der Waals surface area contributed by atoms with Crippen molar-refractivity contribution < 1.29 is 13.9 Å². The number of nitrogens with one attached hydrogen (secondary N) is 2. The van der Waals surface area contributed by atoms with Crippen LogP contribution in [0.15, 0.2) is 46.9 Å². The molecule has 0 aliphatic carbocycles. The zero-order chi connectivity index (χ0) is 15.2. The molecule has 2 aromatic carbocycles. The van der Waals surface area contributed by atoms with Crippen LogP contribution in [0, 0.1) is 5.82 Å². The molecule has 6 heteroatoms. The average molecular weight is 353 g/mol. The number of benzene rings is 2. The smallest absolute Gasteiger partial charge is 0.411 e. The summed E-state index contributed by atoms with van der Waals surface area (Å²) in [5, 5.41) is 5.67. The van der Waals surface area contributed by atoms with Gasteiger partial charge in [0.25, 0.3) is 0 Å². The van der Waals surface area contributed by atoms with Gasteiger partial charge in [-0.15, -0.1) is 0 Å². The van der Waals surface area contributed by atoms with Crippen molar-refractivity contribution in [1.29, 1.82) is 0 Å². The molecule has 0 saturated carbocycles. The van der Waals surface area contributed by atoms with Gasteiger partial charge >= 0.3 is 6.09 Å². The third-order valence-corrected chi connectivity index (χ3v) is 3.30. The Morgan fingerprint density at radius 1 is 1.19 bits per heavy atom. The molecule has 2 aromatic rings. The first-order valence-corrected chi connectivity index (χ1v) is 7.00. The first-order chi connectivity index (χ1) is 10.1. The molecule has 0 unspecified atom stereocenters. The van der Waals surface area contributed by atoms with Crippen LogP contribution in [0.3, 0.4) is 0 Å². The van der Waals surface area contributed by atoms with Crippen LogP contribution < -0.4 is 10.6 Å². The van der Waals surface area contributed by atoms with Gasteiger partial charge in [0.15, 0.2) is 0 Å². The van der Waals surface area contributed by atoms with Gasteiger partial charge in [-0.25, -0.2) is 9.18 Å². The van der Waals surface area contributed by atoms with Crippen LogP contribution in [0.2, 0.25) is 0 Å². The second-order valence-electron chi connectivity index (χ2n) is 4.28. The van der Waals surface area contributed by atoms with Crippen molar-refractivity contribution in [2.24, 2.45) is 0 Å². The molecule has 0 radical (unpaired) electrons. The lowest BCUT2D eigenvalue weighted by Crippen LogP contribution is -2.10. The Hall–Kier alpha value is -2.08. The number of rotatable bonds is 4. The van der Waals surface area contributed by atoms with E-state index in [0.717, 1.165) is 10.2 Å². The highest BCUT2D eigenvalue weighted by Crippen LogP contribution is 2.18. The number of hydrogen-bond donors (Lipinski definition) is 2. The van der Waals surface area contributed by atoms with E-state index in [0.29, 0.717) is 17.8 Å². The van der Waals surface area contributed by atoms with E-state index >= 15 is 0 Å². The number of carbonyl (C=O) groups excluding carboxylic acids is 1.